The van der Waals surface area contributed by atoms with Crippen molar-refractivity contribution in [2.24, 2.45) is 13.0 Å². The van der Waals surface area contributed by atoms with Gasteiger partial charge in [0.15, 0.2) is 0 Å². The first kappa shape index (κ1) is 20.4. The Kier molecular flexibility index (Phi) is 5.76. The zero-order valence-corrected chi connectivity index (χ0v) is 17.5. The Morgan fingerprint density at radius 3 is 2.43 bits per heavy atom. The third-order valence-corrected chi connectivity index (χ3v) is 6.00. The lowest BCUT2D eigenvalue weighted by Crippen LogP contribution is -2.49. The molecular formula is C21H24ClN5O3. The standard InChI is InChI=1S/C21H24ClN5O3/c1-25-13-14(12-23-25)19(28)24-16-6-9-26(10-7-16)20(29)18-8-11-27(21(18)30)17-4-2-15(22)3-5-17/h2-5,12-13,16,18H,6-11H2,1H3,(H,24,28). The summed E-state index contributed by atoms with van der Waals surface area (Å²) < 4.78 is 1.59. The highest BCUT2D eigenvalue weighted by atomic mass is 35.5. The van der Waals surface area contributed by atoms with Crippen molar-refractivity contribution in [3.8, 4) is 0 Å². The maximum Gasteiger partial charge on any atom is 0.254 e. The smallest absolute Gasteiger partial charge is 0.254 e. The molecule has 1 aromatic carbocycles. The summed E-state index contributed by atoms with van der Waals surface area (Å²) in [5.74, 6) is -1.07. The molecule has 9 heteroatoms. The number of aryl methyl sites for hydroxylation is 1. The van der Waals surface area contributed by atoms with Crippen LogP contribution in [0.4, 0.5) is 5.69 Å². The van der Waals surface area contributed by atoms with Gasteiger partial charge >= 0.3 is 0 Å². The topological polar surface area (TPSA) is 87.5 Å². The second kappa shape index (κ2) is 8.47. The summed E-state index contributed by atoms with van der Waals surface area (Å²) in [6.45, 7) is 1.58. The number of carbonyl (C=O) groups is 3. The van der Waals surface area contributed by atoms with Crippen LogP contribution in [0.5, 0.6) is 0 Å². The number of nitrogens with zero attached hydrogens (tertiary/aromatic N) is 4. The molecule has 0 bridgehead atoms. The molecule has 0 aliphatic carbocycles. The molecule has 2 fully saturated rings. The molecular weight excluding hydrogens is 406 g/mol. The van der Waals surface area contributed by atoms with E-state index in [0.717, 1.165) is 5.69 Å². The highest BCUT2D eigenvalue weighted by molar-refractivity contribution is 6.30. The fourth-order valence-corrected chi connectivity index (χ4v) is 4.18. The van der Waals surface area contributed by atoms with Crippen LogP contribution < -0.4 is 10.2 Å². The van der Waals surface area contributed by atoms with Crippen LogP contribution >= 0.6 is 11.6 Å². The summed E-state index contributed by atoms with van der Waals surface area (Å²) in [5, 5.41) is 7.62. The fraction of sp³-hybridized carbons (Fsp3) is 0.429. The van der Waals surface area contributed by atoms with Crippen molar-refractivity contribution in [2.45, 2.75) is 25.3 Å². The lowest BCUT2D eigenvalue weighted by molar-refractivity contribution is -0.140. The molecule has 4 rings (SSSR count). The molecule has 2 saturated heterocycles. The van der Waals surface area contributed by atoms with E-state index in [9.17, 15) is 14.4 Å². The van der Waals surface area contributed by atoms with Crippen molar-refractivity contribution in [3.63, 3.8) is 0 Å². The van der Waals surface area contributed by atoms with Crippen molar-refractivity contribution < 1.29 is 14.4 Å². The first-order valence-electron chi connectivity index (χ1n) is 10.1. The van der Waals surface area contributed by atoms with Gasteiger partial charge in [-0.25, -0.2) is 0 Å². The maximum atomic E-state index is 13.0. The van der Waals surface area contributed by atoms with E-state index in [-0.39, 0.29) is 23.8 Å². The molecule has 0 radical (unpaired) electrons. The third kappa shape index (κ3) is 4.18. The van der Waals surface area contributed by atoms with Crippen molar-refractivity contribution >= 4 is 35.0 Å². The number of benzene rings is 1. The summed E-state index contributed by atoms with van der Waals surface area (Å²) in [4.78, 5) is 41.5. The Labute approximate surface area is 179 Å². The van der Waals surface area contributed by atoms with Crippen LogP contribution in [-0.4, -0.2) is 58.1 Å². The highest BCUT2D eigenvalue weighted by Gasteiger charge is 2.40. The van der Waals surface area contributed by atoms with Gasteiger partial charge in [0.2, 0.25) is 11.8 Å². The Hall–Kier alpha value is -2.87. The van der Waals surface area contributed by atoms with Crippen LogP contribution in [0.2, 0.25) is 5.02 Å². The first-order valence-corrected chi connectivity index (χ1v) is 10.5. The minimum atomic E-state index is -0.637. The molecule has 1 aromatic heterocycles. The van der Waals surface area contributed by atoms with Crippen LogP contribution in [-0.2, 0) is 16.6 Å². The van der Waals surface area contributed by atoms with Gasteiger partial charge in [0.1, 0.15) is 5.92 Å². The Morgan fingerprint density at radius 2 is 1.80 bits per heavy atom. The minimum absolute atomic E-state index is 0.00611. The van der Waals surface area contributed by atoms with E-state index < -0.39 is 5.92 Å². The second-order valence-electron chi connectivity index (χ2n) is 7.78. The van der Waals surface area contributed by atoms with Gasteiger partial charge in [0, 0.05) is 49.6 Å². The Bertz CT molecular complexity index is 950. The number of likely N-dealkylation sites (tertiary alicyclic amines) is 1. The number of piperidine rings is 1. The zero-order chi connectivity index (χ0) is 21.3. The van der Waals surface area contributed by atoms with E-state index in [0.29, 0.717) is 49.5 Å². The van der Waals surface area contributed by atoms with Crippen LogP contribution in [0.25, 0.3) is 0 Å². The average molecular weight is 430 g/mol. The van der Waals surface area contributed by atoms with Crippen LogP contribution in [0.3, 0.4) is 0 Å². The van der Waals surface area contributed by atoms with Gasteiger partial charge < -0.3 is 15.1 Å². The molecule has 2 aliphatic rings. The fourth-order valence-electron chi connectivity index (χ4n) is 4.06. The molecule has 1 atom stereocenters. The van der Waals surface area contributed by atoms with Crippen LogP contribution in [0, 0.1) is 5.92 Å². The predicted octanol–water partition coefficient (Wildman–Crippen LogP) is 1.85. The Balaban J connectivity index is 1.30. The molecule has 1 unspecified atom stereocenters. The number of anilines is 1. The van der Waals surface area contributed by atoms with Gasteiger partial charge in [0.05, 0.1) is 11.8 Å². The number of nitrogens with one attached hydrogen (secondary N) is 1. The maximum absolute atomic E-state index is 13.0. The van der Waals surface area contributed by atoms with Crippen molar-refractivity contribution in [1.82, 2.24) is 20.0 Å². The molecule has 8 nitrogen and oxygen atoms in total. The normalized spacial score (nSPS) is 19.9. The summed E-state index contributed by atoms with van der Waals surface area (Å²) in [5.41, 5.74) is 1.28. The SMILES string of the molecule is Cn1cc(C(=O)NC2CCN(C(=O)C3CCN(c4ccc(Cl)cc4)C3=O)CC2)cn1. The number of rotatable bonds is 4. The highest BCUT2D eigenvalue weighted by Crippen LogP contribution is 2.28. The first-order chi connectivity index (χ1) is 14.4. The van der Waals surface area contributed by atoms with E-state index >= 15 is 0 Å². The summed E-state index contributed by atoms with van der Waals surface area (Å²) in [6, 6.07) is 7.08. The van der Waals surface area contributed by atoms with E-state index in [2.05, 4.69) is 10.4 Å². The summed E-state index contributed by atoms with van der Waals surface area (Å²) in [6.07, 6.45) is 5.05. The number of hydrogen-bond donors (Lipinski definition) is 1. The molecule has 2 aromatic rings. The van der Waals surface area contributed by atoms with Crippen molar-refractivity contribution in [1.29, 1.82) is 0 Å². The van der Waals surface area contributed by atoms with Gasteiger partial charge in [-0.2, -0.15) is 5.10 Å². The molecule has 2 aliphatic heterocycles. The average Bonchev–Trinajstić information content (AvgIpc) is 3.34. The van der Waals surface area contributed by atoms with Gasteiger partial charge in [-0.15, -0.1) is 0 Å². The Morgan fingerprint density at radius 1 is 1.10 bits per heavy atom. The number of amides is 3. The quantitative estimate of drug-likeness (QED) is 0.751. The molecule has 30 heavy (non-hydrogen) atoms. The van der Waals surface area contributed by atoms with E-state index in [4.69, 9.17) is 11.6 Å². The number of carbonyl (C=O) groups excluding carboxylic acids is 3. The molecule has 3 amide bonds. The largest absolute Gasteiger partial charge is 0.349 e. The monoisotopic (exact) mass is 429 g/mol. The van der Waals surface area contributed by atoms with Gasteiger partial charge in [-0.05, 0) is 43.5 Å². The predicted molar refractivity (Wildman–Crippen MR) is 112 cm³/mol. The van der Waals surface area contributed by atoms with E-state index in [1.165, 1.54) is 6.20 Å². The summed E-state index contributed by atoms with van der Waals surface area (Å²) >= 11 is 5.92. The molecule has 158 valence electrons. The minimum Gasteiger partial charge on any atom is -0.349 e. The number of halogens is 1. The zero-order valence-electron chi connectivity index (χ0n) is 16.8. The number of aromatic nitrogens is 2. The van der Waals surface area contributed by atoms with Crippen molar-refractivity contribution in [2.75, 3.05) is 24.5 Å². The molecule has 1 N–H and O–H groups in total. The second-order valence-corrected chi connectivity index (χ2v) is 8.22. The van der Waals surface area contributed by atoms with E-state index in [1.807, 2.05) is 0 Å². The van der Waals surface area contributed by atoms with Gasteiger partial charge in [0.25, 0.3) is 5.91 Å². The lowest BCUT2D eigenvalue weighted by Gasteiger charge is -2.33. The lowest BCUT2D eigenvalue weighted by atomic mass is 10.0. The van der Waals surface area contributed by atoms with Crippen molar-refractivity contribution in [3.05, 3.63) is 47.2 Å². The third-order valence-electron chi connectivity index (χ3n) is 5.75. The molecule has 0 saturated carbocycles. The molecule has 0 spiro atoms. The van der Waals surface area contributed by atoms with Gasteiger partial charge in [-0.1, -0.05) is 11.6 Å². The van der Waals surface area contributed by atoms with E-state index in [1.54, 1.807) is 52.0 Å². The van der Waals surface area contributed by atoms with Crippen LogP contribution in [0.1, 0.15) is 29.6 Å². The number of hydrogen-bond acceptors (Lipinski definition) is 4. The summed E-state index contributed by atoms with van der Waals surface area (Å²) in [7, 11) is 1.76. The van der Waals surface area contributed by atoms with Gasteiger partial charge in [-0.3, -0.25) is 19.1 Å². The van der Waals surface area contributed by atoms with Crippen LogP contribution in [0.15, 0.2) is 36.7 Å². The molecule has 3 heterocycles.